The van der Waals surface area contributed by atoms with Crippen LogP contribution in [0, 0.1) is 13.8 Å². The highest BCUT2D eigenvalue weighted by molar-refractivity contribution is 5.83. The Morgan fingerprint density at radius 3 is 2.25 bits per heavy atom. The predicted molar refractivity (Wildman–Crippen MR) is 86.6 cm³/mol. The first kappa shape index (κ1) is 19.5. The number of benzene rings is 1. The van der Waals surface area contributed by atoms with E-state index in [-0.39, 0.29) is 26.1 Å². The quantitative estimate of drug-likeness (QED) is 0.664. The Bertz CT molecular complexity index is 599. The standard InChI is InChI=1S/C17H23NO6/c1-12-5-6-14(9-13(12)2)24-11-15(19)18(10-17(21)23-4)8-7-16(20)22-3/h5-6,9H,7-8,10-11H2,1-4H3. The Morgan fingerprint density at radius 1 is 1.00 bits per heavy atom. The Hall–Kier alpha value is -2.57. The van der Waals surface area contributed by atoms with Gasteiger partial charge >= 0.3 is 11.9 Å². The molecule has 1 amide bonds. The van der Waals surface area contributed by atoms with Crippen molar-refractivity contribution < 1.29 is 28.6 Å². The van der Waals surface area contributed by atoms with E-state index >= 15 is 0 Å². The molecular weight excluding hydrogens is 314 g/mol. The number of methoxy groups -OCH3 is 2. The van der Waals surface area contributed by atoms with E-state index in [1.54, 1.807) is 6.07 Å². The highest BCUT2D eigenvalue weighted by Gasteiger charge is 2.19. The van der Waals surface area contributed by atoms with Crippen LogP contribution in [0.2, 0.25) is 0 Å². The second-order valence-electron chi connectivity index (χ2n) is 5.25. The van der Waals surface area contributed by atoms with Gasteiger partial charge < -0.3 is 19.1 Å². The number of ether oxygens (including phenoxy) is 3. The lowest BCUT2D eigenvalue weighted by molar-refractivity contribution is -0.149. The fourth-order valence-corrected chi connectivity index (χ4v) is 1.88. The molecule has 0 aliphatic carbocycles. The average Bonchev–Trinajstić information content (AvgIpc) is 2.58. The summed E-state index contributed by atoms with van der Waals surface area (Å²) < 4.78 is 14.6. The van der Waals surface area contributed by atoms with Crippen LogP contribution in [-0.4, -0.2) is 56.7 Å². The van der Waals surface area contributed by atoms with Crippen molar-refractivity contribution in [3.8, 4) is 5.75 Å². The van der Waals surface area contributed by atoms with Crippen molar-refractivity contribution in [1.29, 1.82) is 0 Å². The maximum Gasteiger partial charge on any atom is 0.325 e. The maximum atomic E-state index is 12.3. The number of esters is 2. The third-order valence-corrected chi connectivity index (χ3v) is 3.55. The molecule has 0 aromatic heterocycles. The molecule has 0 bridgehead atoms. The molecule has 0 saturated carbocycles. The molecule has 0 saturated heterocycles. The Kier molecular flexibility index (Phi) is 7.74. The number of aryl methyl sites for hydroxylation is 2. The molecule has 1 aromatic rings. The fraction of sp³-hybridized carbons (Fsp3) is 0.471. The van der Waals surface area contributed by atoms with Gasteiger partial charge in [0.25, 0.3) is 5.91 Å². The van der Waals surface area contributed by atoms with E-state index in [1.807, 2.05) is 26.0 Å². The Morgan fingerprint density at radius 2 is 1.67 bits per heavy atom. The number of carbonyl (C=O) groups excluding carboxylic acids is 3. The van der Waals surface area contributed by atoms with Gasteiger partial charge in [0, 0.05) is 6.54 Å². The highest BCUT2D eigenvalue weighted by atomic mass is 16.5. The second kappa shape index (κ2) is 9.54. The minimum Gasteiger partial charge on any atom is -0.484 e. The van der Waals surface area contributed by atoms with Gasteiger partial charge in [-0.2, -0.15) is 0 Å². The molecule has 1 rings (SSSR count). The van der Waals surface area contributed by atoms with Gasteiger partial charge in [-0.25, -0.2) is 0 Å². The zero-order valence-corrected chi connectivity index (χ0v) is 14.5. The van der Waals surface area contributed by atoms with Crippen LogP contribution in [0.3, 0.4) is 0 Å². The molecule has 1 aromatic carbocycles. The summed E-state index contributed by atoms with van der Waals surface area (Å²) in [5.74, 6) is -0.882. The monoisotopic (exact) mass is 337 g/mol. The van der Waals surface area contributed by atoms with Gasteiger partial charge in [0.1, 0.15) is 12.3 Å². The minimum atomic E-state index is -0.570. The third kappa shape index (κ3) is 6.28. The van der Waals surface area contributed by atoms with E-state index in [0.717, 1.165) is 11.1 Å². The Labute approximate surface area is 141 Å². The van der Waals surface area contributed by atoms with Gasteiger partial charge in [0.2, 0.25) is 0 Å². The summed E-state index contributed by atoms with van der Waals surface area (Å²) in [6.45, 7) is 3.50. The number of hydrogen-bond acceptors (Lipinski definition) is 6. The molecule has 7 nitrogen and oxygen atoms in total. The first-order chi connectivity index (χ1) is 11.4. The summed E-state index contributed by atoms with van der Waals surface area (Å²) >= 11 is 0. The van der Waals surface area contributed by atoms with Crippen LogP contribution in [0.5, 0.6) is 5.75 Å². The van der Waals surface area contributed by atoms with Crippen LogP contribution in [-0.2, 0) is 23.9 Å². The van der Waals surface area contributed by atoms with Crippen molar-refractivity contribution in [2.75, 3.05) is 33.9 Å². The summed E-state index contributed by atoms with van der Waals surface area (Å²) in [5.41, 5.74) is 2.18. The first-order valence-electron chi connectivity index (χ1n) is 7.48. The number of amides is 1. The molecular formula is C17H23NO6. The molecule has 7 heteroatoms. The van der Waals surface area contributed by atoms with Crippen LogP contribution in [0.4, 0.5) is 0 Å². The van der Waals surface area contributed by atoms with Gasteiger partial charge in [0.15, 0.2) is 6.61 Å². The van der Waals surface area contributed by atoms with Crippen molar-refractivity contribution in [2.45, 2.75) is 20.3 Å². The lowest BCUT2D eigenvalue weighted by Crippen LogP contribution is -2.40. The van der Waals surface area contributed by atoms with Crippen molar-refractivity contribution >= 4 is 17.8 Å². The van der Waals surface area contributed by atoms with Gasteiger partial charge in [-0.15, -0.1) is 0 Å². The van der Waals surface area contributed by atoms with Gasteiger partial charge in [-0.05, 0) is 37.1 Å². The summed E-state index contributed by atoms with van der Waals surface area (Å²) in [7, 11) is 2.49. The lowest BCUT2D eigenvalue weighted by atomic mass is 10.1. The Balaban J connectivity index is 2.66. The molecule has 0 atom stereocenters. The van der Waals surface area contributed by atoms with Crippen molar-refractivity contribution in [3.05, 3.63) is 29.3 Å². The minimum absolute atomic E-state index is 0.0110. The van der Waals surface area contributed by atoms with E-state index in [1.165, 1.54) is 19.1 Å². The topological polar surface area (TPSA) is 82.1 Å². The molecule has 0 aliphatic rings. The molecule has 0 fully saturated rings. The normalized spacial score (nSPS) is 10.0. The number of carbonyl (C=O) groups is 3. The number of nitrogens with zero attached hydrogens (tertiary/aromatic N) is 1. The van der Waals surface area contributed by atoms with Crippen LogP contribution in [0.15, 0.2) is 18.2 Å². The molecule has 24 heavy (non-hydrogen) atoms. The zero-order valence-electron chi connectivity index (χ0n) is 14.5. The van der Waals surface area contributed by atoms with Gasteiger partial charge in [0.05, 0.1) is 20.6 Å². The molecule has 0 aliphatic heterocycles. The zero-order chi connectivity index (χ0) is 18.1. The van der Waals surface area contributed by atoms with Crippen molar-refractivity contribution in [3.63, 3.8) is 0 Å². The summed E-state index contributed by atoms with van der Waals surface area (Å²) in [4.78, 5) is 36.1. The van der Waals surface area contributed by atoms with E-state index in [2.05, 4.69) is 9.47 Å². The predicted octanol–water partition coefficient (Wildman–Crippen LogP) is 1.25. The third-order valence-electron chi connectivity index (χ3n) is 3.55. The van der Waals surface area contributed by atoms with Gasteiger partial charge in [-0.1, -0.05) is 6.07 Å². The lowest BCUT2D eigenvalue weighted by Gasteiger charge is -2.21. The van der Waals surface area contributed by atoms with E-state index < -0.39 is 17.8 Å². The van der Waals surface area contributed by atoms with Crippen LogP contribution in [0.25, 0.3) is 0 Å². The van der Waals surface area contributed by atoms with E-state index in [4.69, 9.17) is 4.74 Å². The SMILES string of the molecule is COC(=O)CCN(CC(=O)OC)C(=O)COc1ccc(C)c(C)c1. The van der Waals surface area contributed by atoms with Crippen LogP contribution < -0.4 is 4.74 Å². The van der Waals surface area contributed by atoms with Crippen LogP contribution in [0.1, 0.15) is 17.5 Å². The summed E-state index contributed by atoms with van der Waals surface area (Å²) in [6, 6.07) is 5.51. The summed E-state index contributed by atoms with van der Waals surface area (Å²) in [6.07, 6.45) is -0.0110. The van der Waals surface area contributed by atoms with Gasteiger partial charge in [-0.3, -0.25) is 14.4 Å². The van der Waals surface area contributed by atoms with Crippen molar-refractivity contribution in [1.82, 2.24) is 4.90 Å². The van der Waals surface area contributed by atoms with Crippen molar-refractivity contribution in [2.24, 2.45) is 0 Å². The van der Waals surface area contributed by atoms with E-state index in [0.29, 0.717) is 5.75 Å². The van der Waals surface area contributed by atoms with E-state index in [9.17, 15) is 14.4 Å². The summed E-state index contributed by atoms with van der Waals surface area (Å²) in [5, 5.41) is 0. The first-order valence-corrected chi connectivity index (χ1v) is 7.48. The number of rotatable bonds is 8. The van der Waals surface area contributed by atoms with Crippen LogP contribution >= 0.6 is 0 Å². The largest absolute Gasteiger partial charge is 0.484 e. The molecule has 0 unspecified atom stereocenters. The fourth-order valence-electron chi connectivity index (χ4n) is 1.88. The smallest absolute Gasteiger partial charge is 0.325 e. The molecule has 0 spiro atoms. The maximum absolute atomic E-state index is 12.3. The molecule has 0 N–H and O–H groups in total. The molecule has 0 heterocycles. The molecule has 132 valence electrons. The molecule has 0 radical (unpaired) electrons. The average molecular weight is 337 g/mol. The number of hydrogen-bond donors (Lipinski definition) is 0. The highest BCUT2D eigenvalue weighted by Crippen LogP contribution is 2.16. The second-order valence-corrected chi connectivity index (χ2v) is 5.25.